The van der Waals surface area contributed by atoms with E-state index in [2.05, 4.69) is 10.6 Å². The molecule has 0 radical (unpaired) electrons. The van der Waals surface area contributed by atoms with Crippen molar-refractivity contribution in [1.29, 1.82) is 0 Å². The van der Waals surface area contributed by atoms with Crippen molar-refractivity contribution in [1.82, 2.24) is 10.6 Å². The summed E-state index contributed by atoms with van der Waals surface area (Å²) in [6.45, 7) is 7.28. The molecular weight excluding hydrogens is 360 g/mol. The molecule has 28 heavy (non-hydrogen) atoms. The molecule has 0 aromatic heterocycles. The lowest BCUT2D eigenvalue weighted by molar-refractivity contribution is -0.144. The lowest BCUT2D eigenvalue weighted by atomic mass is 9.90. The first kappa shape index (κ1) is 23.6. The van der Waals surface area contributed by atoms with E-state index in [-0.39, 0.29) is 18.7 Å². The molecule has 1 aromatic carbocycles. The number of hydrogen-bond donors (Lipinski definition) is 2. The number of carbonyl (C=O) groups is 3. The Bertz CT molecular complexity index is 669. The molecule has 0 aliphatic heterocycles. The van der Waals surface area contributed by atoms with Crippen molar-refractivity contribution in [2.45, 2.75) is 64.1 Å². The first-order valence-electron chi connectivity index (χ1n) is 9.29. The van der Waals surface area contributed by atoms with E-state index < -0.39 is 29.1 Å². The van der Waals surface area contributed by atoms with Gasteiger partial charge in [0.2, 0.25) is 5.91 Å². The summed E-state index contributed by atoms with van der Waals surface area (Å²) in [4.78, 5) is 37.1. The molecule has 0 unspecified atom stereocenters. The molecule has 0 spiro atoms. The van der Waals surface area contributed by atoms with Crippen molar-refractivity contribution in [3.8, 4) is 0 Å². The number of nitrogens with one attached hydrogen (secondary N) is 2. The number of amides is 1. The maximum absolute atomic E-state index is 13.0. The molecule has 2 N–H and O–H groups in total. The van der Waals surface area contributed by atoms with Gasteiger partial charge in [0, 0.05) is 12.0 Å². The summed E-state index contributed by atoms with van der Waals surface area (Å²) in [5, 5.41) is 6.06. The first-order chi connectivity index (χ1) is 13.0. The molecule has 0 bridgehead atoms. The average Bonchev–Trinajstić information content (AvgIpc) is 2.64. The molecule has 0 aliphatic carbocycles. The van der Waals surface area contributed by atoms with Crippen molar-refractivity contribution < 1.29 is 23.9 Å². The van der Waals surface area contributed by atoms with Crippen LogP contribution in [-0.4, -0.2) is 49.2 Å². The van der Waals surface area contributed by atoms with Crippen LogP contribution in [0, 0.1) is 0 Å². The Labute approximate surface area is 167 Å². The summed E-state index contributed by atoms with van der Waals surface area (Å²) in [6.07, 6.45) is 0.560. The number of esters is 2. The van der Waals surface area contributed by atoms with E-state index in [9.17, 15) is 14.4 Å². The number of benzene rings is 1. The van der Waals surface area contributed by atoms with Crippen molar-refractivity contribution in [2.75, 3.05) is 14.2 Å². The zero-order chi connectivity index (χ0) is 21.4. The van der Waals surface area contributed by atoms with E-state index in [0.29, 0.717) is 6.42 Å². The minimum absolute atomic E-state index is 0.0385. The normalized spacial score (nSPS) is 14.5. The summed E-state index contributed by atoms with van der Waals surface area (Å²) in [6, 6.07) is 8.71. The fourth-order valence-corrected chi connectivity index (χ4v) is 2.75. The molecule has 0 saturated carbocycles. The molecule has 1 rings (SSSR count). The number of hydrogen-bond acceptors (Lipinski definition) is 6. The lowest BCUT2D eigenvalue weighted by Gasteiger charge is -2.35. The molecule has 0 aliphatic rings. The van der Waals surface area contributed by atoms with E-state index in [0.717, 1.165) is 5.56 Å². The Morgan fingerprint density at radius 1 is 1.00 bits per heavy atom. The van der Waals surface area contributed by atoms with Crippen LogP contribution in [0.1, 0.15) is 46.1 Å². The predicted molar refractivity (Wildman–Crippen MR) is 107 cm³/mol. The molecule has 156 valence electrons. The van der Waals surface area contributed by atoms with E-state index in [1.54, 1.807) is 6.92 Å². The SMILES string of the molecule is COC(=O)CC[C@@](C)(N[C@@H](Cc1ccccc1)C(=O)OC)C(=O)NC(C)(C)C. The third kappa shape index (κ3) is 7.68. The summed E-state index contributed by atoms with van der Waals surface area (Å²) in [5.74, 6) is -1.20. The highest BCUT2D eigenvalue weighted by Crippen LogP contribution is 2.18. The maximum atomic E-state index is 13.0. The van der Waals surface area contributed by atoms with Crippen LogP contribution in [0.15, 0.2) is 30.3 Å². The molecule has 0 fully saturated rings. The predicted octanol–water partition coefficient (Wildman–Crippen LogP) is 1.99. The van der Waals surface area contributed by atoms with Gasteiger partial charge in [-0.15, -0.1) is 0 Å². The van der Waals surface area contributed by atoms with Gasteiger partial charge in [0.1, 0.15) is 6.04 Å². The van der Waals surface area contributed by atoms with E-state index in [1.165, 1.54) is 14.2 Å². The second-order valence-electron chi connectivity index (χ2n) is 8.02. The van der Waals surface area contributed by atoms with Gasteiger partial charge in [0.15, 0.2) is 0 Å². The van der Waals surface area contributed by atoms with Gasteiger partial charge in [0.25, 0.3) is 0 Å². The molecule has 7 nitrogen and oxygen atoms in total. The molecule has 1 amide bonds. The molecule has 0 heterocycles. The van der Waals surface area contributed by atoms with E-state index in [4.69, 9.17) is 9.47 Å². The fraction of sp³-hybridized carbons (Fsp3) is 0.571. The monoisotopic (exact) mass is 392 g/mol. The number of ether oxygens (including phenoxy) is 2. The third-order valence-corrected chi connectivity index (χ3v) is 4.31. The summed E-state index contributed by atoms with van der Waals surface area (Å²) in [5.41, 5.74) is -0.711. The minimum Gasteiger partial charge on any atom is -0.469 e. The van der Waals surface area contributed by atoms with Gasteiger partial charge in [-0.3, -0.25) is 19.7 Å². The molecule has 7 heteroatoms. The van der Waals surface area contributed by atoms with Crippen LogP contribution < -0.4 is 10.6 Å². The van der Waals surface area contributed by atoms with Gasteiger partial charge >= 0.3 is 11.9 Å². The second-order valence-corrected chi connectivity index (χ2v) is 8.02. The van der Waals surface area contributed by atoms with Gasteiger partial charge in [-0.05, 0) is 46.1 Å². The van der Waals surface area contributed by atoms with Gasteiger partial charge in [0.05, 0.1) is 19.8 Å². The van der Waals surface area contributed by atoms with Crippen LogP contribution in [0.2, 0.25) is 0 Å². The standard InChI is InChI=1S/C21H32N2O5/c1-20(2,3)23-19(26)21(4,13-12-17(24)27-5)22-16(18(25)28-6)14-15-10-8-7-9-11-15/h7-11,16,22H,12-14H2,1-6H3,(H,23,26)/t16-,21+/m0/s1. The average molecular weight is 392 g/mol. The second kappa shape index (κ2) is 10.2. The zero-order valence-corrected chi connectivity index (χ0v) is 17.6. The molecule has 1 aromatic rings. The fourth-order valence-electron chi connectivity index (χ4n) is 2.75. The van der Waals surface area contributed by atoms with Crippen LogP contribution in [0.5, 0.6) is 0 Å². The summed E-state index contributed by atoms with van der Waals surface area (Å²) < 4.78 is 9.64. The van der Waals surface area contributed by atoms with Crippen molar-refractivity contribution in [3.63, 3.8) is 0 Å². The van der Waals surface area contributed by atoms with Crippen LogP contribution >= 0.6 is 0 Å². The smallest absolute Gasteiger partial charge is 0.323 e. The Hall–Kier alpha value is -2.41. The van der Waals surface area contributed by atoms with Crippen molar-refractivity contribution in [2.24, 2.45) is 0 Å². The number of carbonyl (C=O) groups excluding carboxylic acids is 3. The third-order valence-electron chi connectivity index (χ3n) is 4.31. The van der Waals surface area contributed by atoms with Gasteiger partial charge in [-0.2, -0.15) is 0 Å². The van der Waals surface area contributed by atoms with Gasteiger partial charge < -0.3 is 14.8 Å². The van der Waals surface area contributed by atoms with Crippen LogP contribution in [-0.2, 0) is 30.3 Å². The van der Waals surface area contributed by atoms with Crippen molar-refractivity contribution in [3.05, 3.63) is 35.9 Å². The van der Waals surface area contributed by atoms with Crippen LogP contribution in [0.25, 0.3) is 0 Å². The topological polar surface area (TPSA) is 93.7 Å². The maximum Gasteiger partial charge on any atom is 0.323 e. The van der Waals surface area contributed by atoms with Gasteiger partial charge in [-0.1, -0.05) is 30.3 Å². The van der Waals surface area contributed by atoms with E-state index >= 15 is 0 Å². The Kier molecular flexibility index (Phi) is 8.63. The highest BCUT2D eigenvalue weighted by atomic mass is 16.5. The van der Waals surface area contributed by atoms with Crippen molar-refractivity contribution >= 4 is 17.8 Å². The van der Waals surface area contributed by atoms with Crippen LogP contribution in [0.4, 0.5) is 0 Å². The Morgan fingerprint density at radius 3 is 2.11 bits per heavy atom. The largest absolute Gasteiger partial charge is 0.469 e. The Balaban J connectivity index is 3.11. The lowest BCUT2D eigenvalue weighted by Crippen LogP contribution is -2.62. The number of methoxy groups -OCH3 is 2. The van der Waals surface area contributed by atoms with Gasteiger partial charge in [-0.25, -0.2) is 0 Å². The summed E-state index contributed by atoms with van der Waals surface area (Å²) in [7, 11) is 2.61. The van der Waals surface area contributed by atoms with Crippen LogP contribution in [0.3, 0.4) is 0 Å². The molecular formula is C21H32N2O5. The summed E-state index contributed by atoms with van der Waals surface area (Å²) >= 11 is 0. The quantitative estimate of drug-likeness (QED) is 0.624. The molecule has 0 saturated heterocycles. The zero-order valence-electron chi connectivity index (χ0n) is 17.6. The first-order valence-corrected chi connectivity index (χ1v) is 9.29. The minimum atomic E-state index is -1.17. The molecule has 2 atom stereocenters. The highest BCUT2D eigenvalue weighted by Gasteiger charge is 2.39. The van der Waals surface area contributed by atoms with E-state index in [1.807, 2.05) is 51.1 Å². The highest BCUT2D eigenvalue weighted by molar-refractivity contribution is 5.88. The number of rotatable bonds is 9. The Morgan fingerprint density at radius 2 is 1.61 bits per heavy atom.